The van der Waals surface area contributed by atoms with E-state index in [0.717, 1.165) is 36.4 Å². The molecule has 1 unspecified atom stereocenters. The van der Waals surface area contributed by atoms with E-state index in [1.807, 2.05) is 29.2 Å². The Morgan fingerprint density at radius 2 is 2.15 bits per heavy atom. The molecular formula is C20H24F2N2O2. The molecule has 2 bridgehead atoms. The maximum atomic E-state index is 13.9. The molecule has 5 rings (SSSR count). The summed E-state index contributed by atoms with van der Waals surface area (Å²) in [5.74, 6) is -2.62. The smallest absolute Gasteiger partial charge is 0.249 e. The fraction of sp³-hybridized carbons (Fsp3) is 0.550. The summed E-state index contributed by atoms with van der Waals surface area (Å²) in [7, 11) is 1.60. The number of fused-ring (bicyclic) bond motifs is 4. The van der Waals surface area contributed by atoms with Gasteiger partial charge in [0.15, 0.2) is 0 Å². The third-order valence-electron chi connectivity index (χ3n) is 6.12. The van der Waals surface area contributed by atoms with Crippen LogP contribution in [0.1, 0.15) is 31.4 Å². The summed E-state index contributed by atoms with van der Waals surface area (Å²) in [6.45, 7) is 2.14. The van der Waals surface area contributed by atoms with Crippen molar-refractivity contribution >= 4 is 10.9 Å². The minimum absolute atomic E-state index is 0.0395. The third kappa shape index (κ3) is 2.95. The van der Waals surface area contributed by atoms with Crippen molar-refractivity contribution in [3.63, 3.8) is 0 Å². The molecule has 4 nitrogen and oxygen atoms in total. The highest BCUT2D eigenvalue weighted by Crippen LogP contribution is 2.46. The summed E-state index contributed by atoms with van der Waals surface area (Å²) >= 11 is 0. The van der Waals surface area contributed by atoms with Gasteiger partial charge in [-0.3, -0.25) is 9.88 Å². The second-order valence-electron chi connectivity index (χ2n) is 7.64. The van der Waals surface area contributed by atoms with E-state index >= 15 is 0 Å². The number of hydrogen-bond acceptors (Lipinski definition) is 4. The van der Waals surface area contributed by atoms with Crippen LogP contribution in [0, 0.1) is 11.8 Å². The summed E-state index contributed by atoms with van der Waals surface area (Å²) in [4.78, 5) is 6.40. The van der Waals surface area contributed by atoms with Crippen LogP contribution in [-0.2, 0) is 0 Å². The van der Waals surface area contributed by atoms with Crippen molar-refractivity contribution < 1.29 is 18.6 Å². The number of alkyl halides is 2. The summed E-state index contributed by atoms with van der Waals surface area (Å²) in [6, 6.07) is 7.27. The average Bonchev–Trinajstić information content (AvgIpc) is 2.66. The summed E-state index contributed by atoms with van der Waals surface area (Å²) in [5.41, 5.74) is 1.57. The summed E-state index contributed by atoms with van der Waals surface area (Å²) in [6.07, 6.45) is 2.33. The topological polar surface area (TPSA) is 45.6 Å². The number of aliphatic hydroxyl groups is 1. The first-order valence-electron chi connectivity index (χ1n) is 9.11. The van der Waals surface area contributed by atoms with Crippen molar-refractivity contribution in [2.24, 2.45) is 11.8 Å². The van der Waals surface area contributed by atoms with E-state index in [1.165, 1.54) is 0 Å². The van der Waals surface area contributed by atoms with Crippen LogP contribution >= 0.6 is 0 Å². The van der Waals surface area contributed by atoms with Crippen LogP contribution in [0.5, 0.6) is 5.75 Å². The maximum absolute atomic E-state index is 13.9. The number of hydrogen-bond donors (Lipinski definition) is 1. The second kappa shape index (κ2) is 6.43. The number of benzene rings is 1. The molecule has 1 aromatic carbocycles. The lowest BCUT2D eigenvalue weighted by Crippen LogP contribution is -2.58. The highest BCUT2D eigenvalue weighted by molar-refractivity contribution is 5.83. The molecule has 4 heterocycles. The number of pyridine rings is 1. The third-order valence-corrected chi connectivity index (χ3v) is 6.12. The van der Waals surface area contributed by atoms with Gasteiger partial charge in [0.05, 0.1) is 18.7 Å². The Labute approximate surface area is 151 Å². The van der Waals surface area contributed by atoms with Gasteiger partial charge in [0, 0.05) is 30.1 Å². The lowest BCUT2D eigenvalue weighted by Gasteiger charge is -2.52. The molecule has 5 atom stereocenters. The first-order valence-corrected chi connectivity index (χ1v) is 9.11. The van der Waals surface area contributed by atoms with Crippen molar-refractivity contribution in [1.29, 1.82) is 0 Å². The van der Waals surface area contributed by atoms with E-state index in [0.29, 0.717) is 18.7 Å². The molecule has 2 aromatic rings. The molecule has 0 radical (unpaired) electrons. The number of nitrogens with zero attached hydrogens (tertiary/aromatic N) is 2. The van der Waals surface area contributed by atoms with Crippen molar-refractivity contribution in [2.45, 2.75) is 37.8 Å². The molecule has 0 aliphatic carbocycles. The molecule has 3 aliphatic heterocycles. The monoisotopic (exact) mass is 362 g/mol. The zero-order valence-electron chi connectivity index (χ0n) is 15.0. The molecule has 3 saturated heterocycles. The lowest BCUT2D eigenvalue weighted by molar-refractivity contribution is -0.142. The first-order chi connectivity index (χ1) is 12.4. The van der Waals surface area contributed by atoms with Crippen LogP contribution in [0.15, 0.2) is 30.5 Å². The number of piperidine rings is 3. The van der Waals surface area contributed by atoms with E-state index < -0.39 is 17.9 Å². The van der Waals surface area contributed by atoms with E-state index in [9.17, 15) is 13.9 Å². The Hall–Kier alpha value is -1.79. The number of methoxy groups -OCH3 is 1. The largest absolute Gasteiger partial charge is 0.497 e. The summed E-state index contributed by atoms with van der Waals surface area (Å²) in [5, 5.41) is 12.0. The predicted molar refractivity (Wildman–Crippen MR) is 95.5 cm³/mol. The zero-order valence-corrected chi connectivity index (χ0v) is 15.0. The molecule has 140 valence electrons. The van der Waals surface area contributed by atoms with Crippen LogP contribution < -0.4 is 4.74 Å². The number of aromatic nitrogens is 1. The van der Waals surface area contributed by atoms with Gasteiger partial charge in [-0.15, -0.1) is 0 Å². The molecule has 1 N–H and O–H groups in total. The van der Waals surface area contributed by atoms with Crippen LogP contribution in [0.2, 0.25) is 0 Å². The van der Waals surface area contributed by atoms with E-state index in [-0.39, 0.29) is 12.0 Å². The lowest BCUT2D eigenvalue weighted by atomic mass is 9.71. The van der Waals surface area contributed by atoms with Crippen molar-refractivity contribution in [3.8, 4) is 5.75 Å². The van der Waals surface area contributed by atoms with Gasteiger partial charge in [-0.05, 0) is 62.1 Å². The van der Waals surface area contributed by atoms with Crippen molar-refractivity contribution in [3.05, 3.63) is 36.0 Å². The van der Waals surface area contributed by atoms with E-state index in [1.54, 1.807) is 13.3 Å². The number of aliphatic hydroxyl groups excluding tert-OH is 1. The molecule has 0 spiro atoms. The number of ether oxygens (including phenoxy) is 1. The highest BCUT2D eigenvalue weighted by Gasteiger charge is 2.50. The highest BCUT2D eigenvalue weighted by atomic mass is 19.3. The zero-order chi connectivity index (χ0) is 18.5. The minimum atomic E-state index is -2.67. The fourth-order valence-corrected chi connectivity index (χ4v) is 4.71. The van der Waals surface area contributed by atoms with Gasteiger partial charge < -0.3 is 9.84 Å². The van der Waals surface area contributed by atoms with Gasteiger partial charge in [0.2, 0.25) is 5.92 Å². The van der Waals surface area contributed by atoms with Gasteiger partial charge in [0.25, 0.3) is 0 Å². The average molecular weight is 362 g/mol. The molecule has 6 heteroatoms. The SMILES string of the molecule is COc1ccc2nccc([C@@H](O)[C@H]3C[C@@H]4CCN3C[C@@H]4C(C)(F)F)c2c1. The van der Waals surface area contributed by atoms with E-state index in [2.05, 4.69) is 4.98 Å². The Balaban J connectivity index is 1.65. The van der Waals surface area contributed by atoms with Crippen LogP contribution in [-0.4, -0.2) is 47.2 Å². The molecule has 26 heavy (non-hydrogen) atoms. The molecule has 3 fully saturated rings. The van der Waals surface area contributed by atoms with Gasteiger partial charge in [0.1, 0.15) is 5.75 Å². The van der Waals surface area contributed by atoms with Gasteiger partial charge in [-0.1, -0.05) is 0 Å². The second-order valence-corrected chi connectivity index (χ2v) is 7.64. The van der Waals surface area contributed by atoms with Gasteiger partial charge in [-0.25, -0.2) is 8.78 Å². The standard InChI is InChI=1S/C20H24F2N2O2/c1-20(21,22)16-11-24-8-6-12(16)9-18(24)19(25)14-5-7-23-17-4-3-13(26-2)10-15(14)17/h3-5,7,10,12,16,18-19,25H,6,8-9,11H2,1-2H3/t12-,16-,18+,19+/m0/s1. The molecular weight excluding hydrogens is 338 g/mol. The Kier molecular flexibility index (Phi) is 4.35. The Bertz CT molecular complexity index is 808. The quantitative estimate of drug-likeness (QED) is 0.902. The molecule has 0 saturated carbocycles. The minimum Gasteiger partial charge on any atom is -0.497 e. The fourth-order valence-electron chi connectivity index (χ4n) is 4.71. The van der Waals surface area contributed by atoms with Crippen LogP contribution in [0.3, 0.4) is 0 Å². The van der Waals surface area contributed by atoms with Gasteiger partial charge in [-0.2, -0.15) is 0 Å². The first kappa shape index (κ1) is 17.6. The molecule has 1 aromatic heterocycles. The number of rotatable bonds is 4. The Morgan fingerprint density at radius 1 is 1.35 bits per heavy atom. The van der Waals surface area contributed by atoms with E-state index in [4.69, 9.17) is 4.74 Å². The van der Waals surface area contributed by atoms with Crippen molar-refractivity contribution in [1.82, 2.24) is 9.88 Å². The molecule has 3 aliphatic rings. The van der Waals surface area contributed by atoms with Crippen LogP contribution in [0.4, 0.5) is 8.78 Å². The van der Waals surface area contributed by atoms with Crippen LogP contribution in [0.25, 0.3) is 10.9 Å². The predicted octanol–water partition coefficient (Wildman–Crippen LogP) is 3.64. The normalized spacial score (nSPS) is 29.7. The van der Waals surface area contributed by atoms with Crippen molar-refractivity contribution in [2.75, 3.05) is 20.2 Å². The Morgan fingerprint density at radius 3 is 2.81 bits per heavy atom. The number of halogens is 2. The summed E-state index contributed by atoms with van der Waals surface area (Å²) < 4.78 is 33.1. The molecule has 0 amide bonds. The van der Waals surface area contributed by atoms with Gasteiger partial charge >= 0.3 is 0 Å². The maximum Gasteiger partial charge on any atom is 0.249 e.